The lowest BCUT2D eigenvalue weighted by molar-refractivity contribution is -0.139. The van der Waals surface area contributed by atoms with E-state index in [9.17, 15) is 18.0 Å². The van der Waals surface area contributed by atoms with Gasteiger partial charge in [-0.2, -0.15) is 12.7 Å². The van der Waals surface area contributed by atoms with Crippen LogP contribution in [0.1, 0.15) is 11.1 Å². The number of carbonyl (C=O) groups is 2. The first-order chi connectivity index (χ1) is 17.6. The van der Waals surface area contributed by atoms with E-state index in [2.05, 4.69) is 5.32 Å². The van der Waals surface area contributed by atoms with Crippen LogP contribution in [0.15, 0.2) is 84.9 Å². The summed E-state index contributed by atoms with van der Waals surface area (Å²) < 4.78 is 28.5. The molecule has 0 saturated heterocycles. The summed E-state index contributed by atoms with van der Waals surface area (Å²) in [6.07, 6.45) is 0.256. The summed E-state index contributed by atoms with van der Waals surface area (Å²) >= 11 is 6.05. The lowest BCUT2D eigenvalue weighted by Crippen LogP contribution is -2.53. The Morgan fingerprint density at radius 1 is 0.865 bits per heavy atom. The van der Waals surface area contributed by atoms with Crippen molar-refractivity contribution < 1.29 is 18.0 Å². The average molecular weight is 543 g/mol. The fraction of sp³-hybridized carbons (Fsp3) is 0.259. The Balaban J connectivity index is 2.04. The van der Waals surface area contributed by atoms with E-state index < -0.39 is 28.7 Å². The first kappa shape index (κ1) is 28.2. The van der Waals surface area contributed by atoms with E-state index in [1.165, 1.54) is 26.0 Å². The number of benzene rings is 3. The van der Waals surface area contributed by atoms with E-state index in [1.807, 2.05) is 30.3 Å². The summed E-state index contributed by atoms with van der Waals surface area (Å²) in [5.41, 5.74) is 1.96. The molecule has 0 aliphatic rings. The second-order valence-electron chi connectivity index (χ2n) is 8.60. The van der Waals surface area contributed by atoms with Gasteiger partial charge in [-0.25, -0.2) is 4.31 Å². The number of halogens is 1. The minimum absolute atomic E-state index is 0.0889. The van der Waals surface area contributed by atoms with Crippen molar-refractivity contribution in [3.05, 3.63) is 101 Å². The molecule has 0 fully saturated rings. The van der Waals surface area contributed by atoms with Gasteiger partial charge in [0.25, 0.3) is 0 Å². The Kier molecular flexibility index (Phi) is 9.68. The standard InChI is InChI=1S/C27H31ClN4O4S/c1-29-27(34)25(18-21-10-6-4-7-11-21)31(19-22-14-16-23(28)17-15-22)26(33)20-32(37(35,36)30(2)3)24-12-8-5-9-13-24/h4-17,25H,18-20H2,1-3H3,(H,29,34)/t25-/m1/s1. The van der Waals surface area contributed by atoms with Crippen LogP contribution >= 0.6 is 11.6 Å². The third-order valence-electron chi connectivity index (χ3n) is 5.85. The predicted molar refractivity (Wildman–Crippen MR) is 146 cm³/mol. The minimum atomic E-state index is -4.01. The van der Waals surface area contributed by atoms with Gasteiger partial charge in [0.2, 0.25) is 11.8 Å². The van der Waals surface area contributed by atoms with E-state index >= 15 is 0 Å². The molecule has 0 saturated carbocycles. The van der Waals surface area contributed by atoms with E-state index in [4.69, 9.17) is 11.6 Å². The maximum absolute atomic E-state index is 13.9. The van der Waals surface area contributed by atoms with E-state index in [1.54, 1.807) is 54.6 Å². The van der Waals surface area contributed by atoms with Crippen LogP contribution in [-0.2, 0) is 32.8 Å². The predicted octanol–water partition coefficient (Wildman–Crippen LogP) is 3.34. The van der Waals surface area contributed by atoms with Crippen LogP contribution in [0.25, 0.3) is 0 Å². The van der Waals surface area contributed by atoms with E-state index in [0.717, 1.165) is 19.7 Å². The molecule has 0 bridgehead atoms. The van der Waals surface area contributed by atoms with Crippen LogP contribution in [0, 0.1) is 0 Å². The molecule has 0 radical (unpaired) electrons. The lowest BCUT2D eigenvalue weighted by atomic mass is 10.0. The van der Waals surface area contributed by atoms with Crippen LogP contribution in [0.5, 0.6) is 0 Å². The van der Waals surface area contributed by atoms with Gasteiger partial charge in [0.05, 0.1) is 5.69 Å². The molecule has 0 aliphatic heterocycles. The van der Waals surface area contributed by atoms with E-state index in [-0.39, 0.29) is 18.9 Å². The number of para-hydroxylation sites is 1. The van der Waals surface area contributed by atoms with Crippen molar-refractivity contribution in [3.8, 4) is 0 Å². The highest BCUT2D eigenvalue weighted by Crippen LogP contribution is 2.22. The van der Waals surface area contributed by atoms with Gasteiger partial charge in [-0.15, -0.1) is 0 Å². The molecule has 0 aliphatic carbocycles. The maximum atomic E-state index is 13.9. The minimum Gasteiger partial charge on any atom is -0.357 e. The molecule has 3 rings (SSSR count). The molecule has 3 aromatic rings. The van der Waals surface area contributed by atoms with Crippen molar-refractivity contribution in [2.45, 2.75) is 19.0 Å². The van der Waals surface area contributed by atoms with Gasteiger partial charge in [0.1, 0.15) is 12.6 Å². The maximum Gasteiger partial charge on any atom is 0.304 e. The van der Waals surface area contributed by atoms with Crippen LogP contribution in [0.3, 0.4) is 0 Å². The Hall–Kier alpha value is -3.40. The summed E-state index contributed by atoms with van der Waals surface area (Å²) in [5.74, 6) is -0.873. The Morgan fingerprint density at radius 3 is 1.97 bits per heavy atom. The molecular weight excluding hydrogens is 512 g/mol. The summed E-state index contributed by atoms with van der Waals surface area (Å²) in [7, 11) is 0.317. The number of nitrogens with one attached hydrogen (secondary N) is 1. The molecule has 0 aromatic heterocycles. The van der Waals surface area contributed by atoms with Crippen molar-refractivity contribution in [3.63, 3.8) is 0 Å². The quantitative estimate of drug-likeness (QED) is 0.402. The van der Waals surface area contributed by atoms with Crippen molar-refractivity contribution in [1.29, 1.82) is 0 Å². The van der Waals surface area contributed by atoms with Gasteiger partial charge in [0.15, 0.2) is 0 Å². The molecule has 0 heterocycles. The molecule has 0 spiro atoms. The molecular formula is C27H31ClN4O4S. The molecule has 1 atom stereocenters. The zero-order valence-electron chi connectivity index (χ0n) is 21.0. The first-order valence-electron chi connectivity index (χ1n) is 11.7. The highest BCUT2D eigenvalue weighted by atomic mass is 35.5. The number of hydrogen-bond donors (Lipinski definition) is 1. The van der Waals surface area contributed by atoms with Gasteiger partial charge in [-0.1, -0.05) is 72.3 Å². The van der Waals surface area contributed by atoms with Crippen molar-refractivity contribution in [2.24, 2.45) is 0 Å². The molecule has 2 amide bonds. The van der Waals surface area contributed by atoms with Crippen molar-refractivity contribution >= 4 is 39.3 Å². The number of nitrogens with zero attached hydrogens (tertiary/aromatic N) is 3. The second kappa shape index (κ2) is 12.7. The van der Waals surface area contributed by atoms with Crippen molar-refractivity contribution in [1.82, 2.24) is 14.5 Å². The fourth-order valence-electron chi connectivity index (χ4n) is 3.82. The average Bonchev–Trinajstić information content (AvgIpc) is 2.90. The summed E-state index contributed by atoms with van der Waals surface area (Å²) in [6, 6.07) is 23.9. The number of rotatable bonds is 11. The normalized spacial score (nSPS) is 12.1. The Labute approximate surface area is 223 Å². The van der Waals surface area contributed by atoms with Gasteiger partial charge in [-0.3, -0.25) is 9.59 Å². The third-order valence-corrected chi connectivity index (χ3v) is 7.92. The number of hydrogen-bond acceptors (Lipinski definition) is 4. The van der Waals surface area contributed by atoms with Gasteiger partial charge in [-0.05, 0) is 35.4 Å². The number of carbonyl (C=O) groups excluding carboxylic acids is 2. The lowest BCUT2D eigenvalue weighted by Gasteiger charge is -2.34. The topological polar surface area (TPSA) is 90.0 Å². The zero-order chi connectivity index (χ0) is 27.0. The molecule has 37 heavy (non-hydrogen) atoms. The third kappa shape index (κ3) is 7.31. The van der Waals surface area contributed by atoms with Crippen LogP contribution in [0.2, 0.25) is 5.02 Å². The molecule has 3 aromatic carbocycles. The highest BCUT2D eigenvalue weighted by molar-refractivity contribution is 7.90. The van der Waals surface area contributed by atoms with Crippen LogP contribution in [-0.4, -0.2) is 63.2 Å². The van der Waals surface area contributed by atoms with Crippen LogP contribution in [0.4, 0.5) is 5.69 Å². The smallest absolute Gasteiger partial charge is 0.304 e. The number of amides is 2. The zero-order valence-corrected chi connectivity index (χ0v) is 22.6. The number of anilines is 1. The number of likely N-dealkylation sites (N-methyl/N-ethyl adjacent to an activating group) is 1. The molecule has 196 valence electrons. The highest BCUT2D eigenvalue weighted by Gasteiger charge is 2.34. The van der Waals surface area contributed by atoms with Crippen LogP contribution < -0.4 is 9.62 Å². The fourth-order valence-corrected chi connectivity index (χ4v) is 5.00. The SMILES string of the molecule is CNC(=O)[C@@H](Cc1ccccc1)N(Cc1ccc(Cl)cc1)C(=O)CN(c1ccccc1)S(=O)(=O)N(C)C. The summed E-state index contributed by atoms with van der Waals surface area (Å²) in [5, 5.41) is 3.20. The van der Waals surface area contributed by atoms with Crippen molar-refractivity contribution in [2.75, 3.05) is 32.0 Å². The molecule has 8 nitrogen and oxygen atoms in total. The van der Waals surface area contributed by atoms with E-state index in [0.29, 0.717) is 10.7 Å². The van der Waals surface area contributed by atoms with Gasteiger partial charge >= 0.3 is 10.2 Å². The van der Waals surface area contributed by atoms with Gasteiger partial charge in [0, 0.05) is 39.1 Å². The second-order valence-corrected chi connectivity index (χ2v) is 11.1. The Morgan fingerprint density at radius 2 is 1.43 bits per heavy atom. The first-order valence-corrected chi connectivity index (χ1v) is 13.5. The molecule has 1 N–H and O–H groups in total. The molecule has 10 heteroatoms. The summed E-state index contributed by atoms with van der Waals surface area (Å²) in [4.78, 5) is 28.4. The van der Waals surface area contributed by atoms with Gasteiger partial charge < -0.3 is 10.2 Å². The monoisotopic (exact) mass is 542 g/mol. The Bertz CT molecular complexity index is 1290. The molecule has 0 unspecified atom stereocenters. The summed E-state index contributed by atoms with van der Waals surface area (Å²) in [6.45, 7) is -0.397. The largest absolute Gasteiger partial charge is 0.357 e.